The first kappa shape index (κ1) is 25.9. The van der Waals surface area contributed by atoms with Crippen LogP contribution in [0, 0.1) is 0 Å². The van der Waals surface area contributed by atoms with Crippen LogP contribution >= 0.6 is 22.9 Å². The Hall–Kier alpha value is -3.16. The fraction of sp³-hybridized carbons (Fsp3) is 0.321. The second-order valence-electron chi connectivity index (χ2n) is 8.87. The number of amides is 1. The summed E-state index contributed by atoms with van der Waals surface area (Å²) in [5.74, 6) is -1.21. The monoisotopic (exact) mass is 523 g/mol. The van der Waals surface area contributed by atoms with E-state index in [0.717, 1.165) is 34.9 Å². The summed E-state index contributed by atoms with van der Waals surface area (Å²) < 4.78 is 0. The minimum absolute atomic E-state index is 0.0980. The lowest BCUT2D eigenvalue weighted by atomic mass is 9.97. The Kier molecular flexibility index (Phi) is 9.14. The van der Waals surface area contributed by atoms with Gasteiger partial charge < -0.3 is 15.3 Å². The molecule has 0 spiro atoms. The molecule has 0 saturated carbocycles. The zero-order valence-electron chi connectivity index (χ0n) is 20.1. The van der Waals surface area contributed by atoms with Crippen LogP contribution < -0.4 is 10.2 Å². The van der Waals surface area contributed by atoms with Gasteiger partial charge in [0.05, 0.1) is 12.1 Å². The van der Waals surface area contributed by atoms with Crippen LogP contribution in [0.4, 0.5) is 5.13 Å². The average molecular weight is 524 g/mol. The highest BCUT2D eigenvalue weighted by Crippen LogP contribution is 2.33. The van der Waals surface area contributed by atoms with E-state index in [0.29, 0.717) is 17.1 Å². The molecule has 8 heteroatoms. The minimum atomic E-state index is -0.936. The van der Waals surface area contributed by atoms with Gasteiger partial charge in [-0.3, -0.25) is 9.59 Å². The summed E-state index contributed by atoms with van der Waals surface area (Å²) in [7, 11) is 0. The minimum Gasteiger partial charge on any atom is -0.481 e. The van der Waals surface area contributed by atoms with Crippen molar-refractivity contribution in [2.24, 2.45) is 0 Å². The first-order valence-corrected chi connectivity index (χ1v) is 13.5. The number of anilines is 1. The zero-order chi connectivity index (χ0) is 25.3. The van der Waals surface area contributed by atoms with Gasteiger partial charge in [-0.25, -0.2) is 4.98 Å². The Morgan fingerprint density at radius 1 is 1.11 bits per heavy atom. The van der Waals surface area contributed by atoms with Crippen molar-refractivity contribution in [3.63, 3.8) is 0 Å². The predicted octanol–water partition coefficient (Wildman–Crippen LogP) is 6.57. The average Bonchev–Trinajstić information content (AvgIpc) is 3.37. The number of benzene rings is 2. The van der Waals surface area contributed by atoms with Crippen molar-refractivity contribution >= 4 is 39.9 Å². The Bertz CT molecular complexity index is 1220. The molecule has 188 valence electrons. The van der Waals surface area contributed by atoms with Crippen molar-refractivity contribution in [2.75, 3.05) is 18.0 Å². The van der Waals surface area contributed by atoms with Crippen LogP contribution in [0.1, 0.15) is 54.4 Å². The molecule has 0 fully saturated rings. The largest absolute Gasteiger partial charge is 0.481 e. The Morgan fingerprint density at radius 3 is 2.64 bits per heavy atom. The predicted molar refractivity (Wildman–Crippen MR) is 146 cm³/mol. The normalized spacial score (nSPS) is 13.2. The summed E-state index contributed by atoms with van der Waals surface area (Å²) in [6.07, 6.45) is 8.16. The van der Waals surface area contributed by atoms with E-state index in [1.807, 2.05) is 41.8 Å². The lowest BCUT2D eigenvalue weighted by Crippen LogP contribution is -2.26. The molecule has 0 radical (unpaired) electrons. The second kappa shape index (κ2) is 12.7. The Balaban J connectivity index is 1.48. The zero-order valence-corrected chi connectivity index (χ0v) is 21.7. The maximum atomic E-state index is 12.3. The van der Waals surface area contributed by atoms with Gasteiger partial charge in [0.15, 0.2) is 5.13 Å². The highest BCUT2D eigenvalue weighted by Gasteiger charge is 2.16. The van der Waals surface area contributed by atoms with Crippen molar-refractivity contribution < 1.29 is 14.7 Å². The molecule has 1 aromatic heterocycles. The summed E-state index contributed by atoms with van der Waals surface area (Å²) in [6, 6.07) is 15.2. The number of allylic oxidation sites excluding steroid dienone is 1. The smallest absolute Gasteiger partial charge is 0.305 e. The maximum Gasteiger partial charge on any atom is 0.305 e. The van der Waals surface area contributed by atoms with E-state index in [4.69, 9.17) is 21.7 Å². The fourth-order valence-corrected chi connectivity index (χ4v) is 5.31. The quantitative estimate of drug-likeness (QED) is 0.278. The first-order valence-electron chi connectivity index (χ1n) is 12.2. The molecule has 2 aromatic carbocycles. The third kappa shape index (κ3) is 7.18. The summed E-state index contributed by atoms with van der Waals surface area (Å²) in [4.78, 5) is 30.2. The topological polar surface area (TPSA) is 82.5 Å². The Labute approximate surface area is 220 Å². The SMILES string of the molecule is O=C(O)CCNC(=O)c1ccc(CN(CCC2=CCCCC2)c2nc(-c3ccccc3Cl)cs2)cc1. The summed E-state index contributed by atoms with van der Waals surface area (Å²) in [6.45, 7) is 1.64. The highest BCUT2D eigenvalue weighted by molar-refractivity contribution is 7.14. The molecule has 1 amide bonds. The van der Waals surface area contributed by atoms with Crippen LogP contribution in [0.2, 0.25) is 5.02 Å². The number of aromatic nitrogens is 1. The van der Waals surface area contributed by atoms with Gasteiger partial charge in [-0.15, -0.1) is 11.3 Å². The molecule has 3 aromatic rings. The molecule has 36 heavy (non-hydrogen) atoms. The van der Waals surface area contributed by atoms with E-state index in [9.17, 15) is 9.59 Å². The van der Waals surface area contributed by atoms with E-state index in [2.05, 4.69) is 16.3 Å². The number of nitrogens with zero attached hydrogens (tertiary/aromatic N) is 2. The van der Waals surface area contributed by atoms with Gasteiger partial charge in [-0.2, -0.15) is 0 Å². The molecule has 0 unspecified atom stereocenters. The molecule has 1 aliphatic rings. The lowest BCUT2D eigenvalue weighted by Gasteiger charge is -2.24. The molecule has 4 rings (SSSR count). The molecule has 1 heterocycles. The van der Waals surface area contributed by atoms with Crippen molar-refractivity contribution in [1.29, 1.82) is 0 Å². The number of nitrogens with one attached hydrogen (secondary N) is 1. The summed E-state index contributed by atoms with van der Waals surface area (Å²) >= 11 is 8.02. The van der Waals surface area contributed by atoms with Crippen molar-refractivity contribution in [2.45, 2.75) is 45.1 Å². The second-order valence-corrected chi connectivity index (χ2v) is 10.1. The van der Waals surface area contributed by atoms with Gasteiger partial charge in [-0.1, -0.05) is 53.6 Å². The van der Waals surface area contributed by atoms with E-state index < -0.39 is 5.97 Å². The van der Waals surface area contributed by atoms with Gasteiger partial charge in [0.2, 0.25) is 0 Å². The van der Waals surface area contributed by atoms with Crippen LogP contribution in [0.5, 0.6) is 0 Å². The first-order chi connectivity index (χ1) is 17.5. The van der Waals surface area contributed by atoms with E-state index in [1.165, 1.54) is 31.3 Å². The Morgan fingerprint density at radius 2 is 1.92 bits per heavy atom. The number of aliphatic carboxylic acids is 1. The summed E-state index contributed by atoms with van der Waals surface area (Å²) in [5, 5.41) is 15.1. The molecule has 6 nitrogen and oxygen atoms in total. The summed E-state index contributed by atoms with van der Waals surface area (Å²) in [5.41, 5.74) is 4.90. The van der Waals surface area contributed by atoms with Crippen LogP contribution in [0.25, 0.3) is 11.3 Å². The third-order valence-corrected chi connectivity index (χ3v) is 7.45. The van der Waals surface area contributed by atoms with Crippen LogP contribution in [0.15, 0.2) is 65.6 Å². The number of thiazole rings is 1. The molecule has 1 aliphatic carbocycles. The maximum absolute atomic E-state index is 12.3. The van der Waals surface area contributed by atoms with Crippen LogP contribution in [0.3, 0.4) is 0 Å². The van der Waals surface area contributed by atoms with Gasteiger partial charge >= 0.3 is 5.97 Å². The van der Waals surface area contributed by atoms with Gasteiger partial charge in [-0.05, 0) is 55.9 Å². The number of carbonyl (C=O) groups is 2. The molecule has 0 saturated heterocycles. The van der Waals surface area contributed by atoms with Gasteiger partial charge in [0.25, 0.3) is 5.91 Å². The number of rotatable bonds is 11. The molecule has 0 aliphatic heterocycles. The molecule has 2 N–H and O–H groups in total. The van der Waals surface area contributed by atoms with E-state index >= 15 is 0 Å². The molecule has 0 bridgehead atoms. The fourth-order valence-electron chi connectivity index (χ4n) is 4.22. The third-order valence-electron chi connectivity index (χ3n) is 6.21. The van der Waals surface area contributed by atoms with Crippen LogP contribution in [-0.2, 0) is 11.3 Å². The lowest BCUT2D eigenvalue weighted by molar-refractivity contribution is -0.136. The molecule has 0 atom stereocenters. The van der Waals surface area contributed by atoms with Crippen LogP contribution in [-0.4, -0.2) is 35.1 Å². The van der Waals surface area contributed by atoms with E-state index in [-0.39, 0.29) is 18.9 Å². The van der Waals surface area contributed by atoms with E-state index in [1.54, 1.807) is 23.5 Å². The van der Waals surface area contributed by atoms with Gasteiger partial charge in [0, 0.05) is 41.2 Å². The van der Waals surface area contributed by atoms with Gasteiger partial charge in [0.1, 0.15) is 0 Å². The highest BCUT2D eigenvalue weighted by atomic mass is 35.5. The number of hydrogen-bond acceptors (Lipinski definition) is 5. The molecular weight excluding hydrogens is 494 g/mol. The number of carbonyl (C=O) groups excluding carboxylic acids is 1. The number of hydrogen-bond donors (Lipinski definition) is 2. The number of halogens is 1. The van der Waals surface area contributed by atoms with Crippen molar-refractivity contribution in [3.8, 4) is 11.3 Å². The van der Waals surface area contributed by atoms with Crippen molar-refractivity contribution in [1.82, 2.24) is 10.3 Å². The number of carboxylic acid groups (broad SMARTS) is 1. The number of carboxylic acids is 1. The van der Waals surface area contributed by atoms with Crippen molar-refractivity contribution in [3.05, 3.63) is 81.7 Å². The molecular formula is C28H30ClN3O3S. The standard InChI is InChI=1S/C28H30ClN3O3S/c29-24-9-5-4-8-23(24)25-19-36-28(31-25)32(17-15-20-6-2-1-3-7-20)18-21-10-12-22(13-11-21)27(35)30-16-14-26(33)34/h4-6,8-13,19H,1-3,7,14-18H2,(H,30,35)(H,33,34).